The number of hydrogen-bond acceptors (Lipinski definition) is 3. The van der Waals surface area contributed by atoms with Crippen LogP contribution in [0.15, 0.2) is 18.2 Å². The second kappa shape index (κ2) is 11.7. The molecule has 3 nitrogen and oxygen atoms in total. The van der Waals surface area contributed by atoms with E-state index in [0.717, 1.165) is 11.5 Å². The Morgan fingerprint density at radius 3 is 2.46 bits per heavy atom. The third-order valence-electron chi connectivity index (χ3n) is 5.74. The van der Waals surface area contributed by atoms with Crippen molar-refractivity contribution in [2.45, 2.75) is 76.7 Å². The summed E-state index contributed by atoms with van der Waals surface area (Å²) in [6.45, 7) is 2.10. The summed E-state index contributed by atoms with van der Waals surface area (Å²) >= 11 is 0. The summed E-state index contributed by atoms with van der Waals surface area (Å²) in [4.78, 5) is 0. The van der Waals surface area contributed by atoms with Crippen molar-refractivity contribution in [2.24, 2.45) is 5.92 Å². The van der Waals surface area contributed by atoms with Gasteiger partial charge in [0.25, 0.3) is 0 Å². The summed E-state index contributed by atoms with van der Waals surface area (Å²) in [7, 11) is 0. The molecule has 0 bridgehead atoms. The molecule has 2 rings (SSSR count). The van der Waals surface area contributed by atoms with Crippen molar-refractivity contribution in [2.75, 3.05) is 19.8 Å². The molecule has 26 heavy (non-hydrogen) atoms. The average molecular weight is 367 g/mol. The van der Waals surface area contributed by atoms with E-state index in [1.165, 1.54) is 51.4 Å². The van der Waals surface area contributed by atoms with Crippen LogP contribution in [0, 0.1) is 11.7 Å². The van der Waals surface area contributed by atoms with Crippen LogP contribution in [0.2, 0.25) is 0 Å². The number of halogens is 1. The van der Waals surface area contributed by atoms with Gasteiger partial charge in [0.1, 0.15) is 11.9 Å². The first-order valence-corrected chi connectivity index (χ1v) is 10.3. The highest BCUT2D eigenvalue weighted by molar-refractivity contribution is 5.27. The Labute approximate surface area is 157 Å². The van der Waals surface area contributed by atoms with Gasteiger partial charge in [-0.3, -0.25) is 0 Å². The van der Waals surface area contributed by atoms with E-state index in [1.54, 1.807) is 6.07 Å². The van der Waals surface area contributed by atoms with Gasteiger partial charge < -0.3 is 14.9 Å². The minimum Gasteiger partial charge on any atom is -0.394 e. The van der Waals surface area contributed by atoms with Gasteiger partial charge >= 0.3 is 0 Å². The second-order valence-corrected chi connectivity index (χ2v) is 7.67. The molecule has 1 fully saturated rings. The molecule has 2 N–H and O–H groups in total. The Kier molecular flexibility index (Phi) is 9.58. The van der Waals surface area contributed by atoms with Crippen LogP contribution < -0.4 is 0 Å². The Hall–Kier alpha value is -0.970. The maximum atomic E-state index is 14.4. The normalized spacial score (nSPS) is 20.7. The van der Waals surface area contributed by atoms with Crippen molar-refractivity contribution in [1.82, 2.24) is 0 Å². The van der Waals surface area contributed by atoms with E-state index in [0.29, 0.717) is 24.5 Å². The third-order valence-corrected chi connectivity index (χ3v) is 5.74. The fourth-order valence-corrected chi connectivity index (χ4v) is 3.99. The lowest BCUT2D eigenvalue weighted by molar-refractivity contribution is -0.0184. The van der Waals surface area contributed by atoms with Crippen LogP contribution in [0.5, 0.6) is 0 Å². The van der Waals surface area contributed by atoms with Gasteiger partial charge in [0.05, 0.1) is 19.8 Å². The second-order valence-electron chi connectivity index (χ2n) is 7.67. The number of benzene rings is 1. The number of ether oxygens (including phenoxy) is 1. The SMILES string of the molecule is CCCCCC1CCC(c2ccc(CCOC(CO)CO)c(F)c2)CC1. The first-order chi connectivity index (χ1) is 12.7. The smallest absolute Gasteiger partial charge is 0.126 e. The van der Waals surface area contributed by atoms with Crippen LogP contribution in [-0.2, 0) is 11.2 Å². The Bertz CT molecular complexity index is 508. The maximum Gasteiger partial charge on any atom is 0.126 e. The van der Waals surface area contributed by atoms with Crippen molar-refractivity contribution < 1.29 is 19.3 Å². The molecule has 0 saturated heterocycles. The monoisotopic (exact) mass is 366 g/mol. The maximum absolute atomic E-state index is 14.4. The van der Waals surface area contributed by atoms with E-state index in [9.17, 15) is 4.39 Å². The average Bonchev–Trinajstić information content (AvgIpc) is 2.67. The molecular weight excluding hydrogens is 331 g/mol. The lowest BCUT2D eigenvalue weighted by Crippen LogP contribution is -2.23. The molecule has 1 aliphatic rings. The van der Waals surface area contributed by atoms with Gasteiger partial charge in [0, 0.05) is 0 Å². The van der Waals surface area contributed by atoms with Crippen molar-refractivity contribution in [1.29, 1.82) is 0 Å². The summed E-state index contributed by atoms with van der Waals surface area (Å²) in [5.74, 6) is 1.19. The summed E-state index contributed by atoms with van der Waals surface area (Å²) in [6.07, 6.45) is 10.1. The van der Waals surface area contributed by atoms with E-state index < -0.39 is 6.10 Å². The topological polar surface area (TPSA) is 49.7 Å². The zero-order valence-electron chi connectivity index (χ0n) is 16.1. The predicted octanol–water partition coefficient (Wildman–Crippen LogP) is 4.59. The van der Waals surface area contributed by atoms with E-state index >= 15 is 0 Å². The molecule has 4 heteroatoms. The van der Waals surface area contributed by atoms with Crippen LogP contribution in [0.1, 0.15) is 75.3 Å². The first kappa shape index (κ1) is 21.3. The zero-order valence-corrected chi connectivity index (χ0v) is 16.1. The van der Waals surface area contributed by atoms with E-state index in [-0.39, 0.29) is 19.0 Å². The Balaban J connectivity index is 1.80. The quantitative estimate of drug-likeness (QED) is 0.563. The molecule has 1 saturated carbocycles. The van der Waals surface area contributed by atoms with Crippen molar-refractivity contribution in [3.05, 3.63) is 35.1 Å². The molecule has 0 aromatic heterocycles. The summed E-state index contributed by atoms with van der Waals surface area (Å²) in [5, 5.41) is 18.0. The van der Waals surface area contributed by atoms with Crippen LogP contribution in [0.4, 0.5) is 4.39 Å². The fourth-order valence-electron chi connectivity index (χ4n) is 3.99. The molecule has 1 aromatic rings. The highest BCUT2D eigenvalue weighted by atomic mass is 19.1. The number of unbranched alkanes of at least 4 members (excludes halogenated alkanes) is 2. The van der Waals surface area contributed by atoms with Gasteiger partial charge in [0.2, 0.25) is 0 Å². The molecule has 0 radical (unpaired) electrons. The summed E-state index contributed by atoms with van der Waals surface area (Å²) in [5.41, 5.74) is 1.76. The molecule has 1 aromatic carbocycles. The van der Waals surface area contributed by atoms with Gasteiger partial charge in [-0.05, 0) is 61.1 Å². The first-order valence-electron chi connectivity index (χ1n) is 10.3. The van der Waals surface area contributed by atoms with Crippen LogP contribution in [0.25, 0.3) is 0 Å². The Morgan fingerprint density at radius 2 is 1.85 bits per heavy atom. The summed E-state index contributed by atoms with van der Waals surface area (Å²) in [6, 6.07) is 5.64. The minimum absolute atomic E-state index is 0.166. The minimum atomic E-state index is -0.579. The zero-order chi connectivity index (χ0) is 18.8. The number of aliphatic hydroxyl groups is 2. The number of hydrogen-bond donors (Lipinski definition) is 2. The van der Waals surface area contributed by atoms with Gasteiger partial charge in [-0.15, -0.1) is 0 Å². The highest BCUT2D eigenvalue weighted by Crippen LogP contribution is 2.38. The molecule has 0 amide bonds. The van der Waals surface area contributed by atoms with E-state index in [1.807, 2.05) is 6.07 Å². The largest absolute Gasteiger partial charge is 0.394 e. The third kappa shape index (κ3) is 6.64. The van der Waals surface area contributed by atoms with E-state index in [4.69, 9.17) is 14.9 Å². The van der Waals surface area contributed by atoms with Crippen molar-refractivity contribution in [3.8, 4) is 0 Å². The highest BCUT2D eigenvalue weighted by Gasteiger charge is 2.22. The van der Waals surface area contributed by atoms with Gasteiger partial charge in [-0.2, -0.15) is 0 Å². The molecular formula is C22H35FO3. The molecule has 0 unspecified atom stereocenters. The lowest BCUT2D eigenvalue weighted by Gasteiger charge is -2.29. The van der Waals surface area contributed by atoms with Gasteiger partial charge in [0.15, 0.2) is 0 Å². The number of rotatable bonds is 11. The van der Waals surface area contributed by atoms with Gasteiger partial charge in [-0.25, -0.2) is 4.39 Å². The standard InChI is InChI=1S/C22H35FO3/c1-2-3-4-5-17-6-8-18(9-7-17)20-11-10-19(22(23)14-20)12-13-26-21(15-24)16-25/h10-11,14,17-18,21,24-25H,2-9,12-13,15-16H2,1H3. The number of aliphatic hydroxyl groups excluding tert-OH is 2. The molecule has 0 atom stereocenters. The van der Waals surface area contributed by atoms with Crippen molar-refractivity contribution >= 4 is 0 Å². The molecule has 0 heterocycles. The molecule has 0 aliphatic heterocycles. The van der Waals surface area contributed by atoms with Gasteiger partial charge in [-0.1, -0.05) is 44.7 Å². The Morgan fingerprint density at radius 1 is 1.12 bits per heavy atom. The molecule has 0 spiro atoms. The lowest BCUT2D eigenvalue weighted by atomic mass is 9.77. The summed E-state index contributed by atoms with van der Waals surface area (Å²) < 4.78 is 19.8. The molecule has 148 valence electrons. The fraction of sp³-hybridized carbons (Fsp3) is 0.727. The predicted molar refractivity (Wildman–Crippen MR) is 103 cm³/mol. The van der Waals surface area contributed by atoms with Crippen LogP contribution in [0.3, 0.4) is 0 Å². The van der Waals surface area contributed by atoms with Crippen LogP contribution >= 0.6 is 0 Å². The van der Waals surface area contributed by atoms with Crippen molar-refractivity contribution in [3.63, 3.8) is 0 Å². The molecule has 1 aliphatic carbocycles. The van der Waals surface area contributed by atoms with E-state index in [2.05, 4.69) is 13.0 Å². The van der Waals surface area contributed by atoms with Crippen LogP contribution in [-0.4, -0.2) is 36.1 Å².